The van der Waals surface area contributed by atoms with Crippen LogP contribution in [0.5, 0.6) is 0 Å². The van der Waals surface area contributed by atoms with Gasteiger partial charge in [-0.1, -0.05) is 13.3 Å². The van der Waals surface area contributed by atoms with E-state index >= 15 is 0 Å². The molecule has 0 fully saturated rings. The van der Waals surface area contributed by atoms with Crippen LogP contribution in [0.2, 0.25) is 0 Å². The normalized spacial score (nSPS) is 14.9. The SMILES string of the molecule is CCC[C@H](NP(S)OCC)C(=O)OC. The molecule has 0 aliphatic carbocycles. The monoisotopic (exact) mass is 239 g/mol. The zero-order valence-electron chi connectivity index (χ0n) is 8.82. The largest absolute Gasteiger partial charge is 0.468 e. The molecule has 0 aromatic rings. The molecule has 1 unspecified atom stereocenters. The standard InChI is InChI=1S/C8H18NO3PS/c1-4-6-7(8(10)11-3)9-13(14)12-5-2/h7,9,14H,4-6H2,1-3H3/t7-,13?/m0/s1. The third-order valence-corrected chi connectivity index (χ3v) is 3.31. The van der Waals surface area contributed by atoms with E-state index < -0.39 is 7.50 Å². The first-order chi connectivity index (χ1) is 6.65. The van der Waals surface area contributed by atoms with Crippen LogP contribution in [-0.4, -0.2) is 25.7 Å². The van der Waals surface area contributed by atoms with Crippen molar-refractivity contribution in [3.8, 4) is 0 Å². The summed E-state index contributed by atoms with van der Waals surface area (Å²) in [6.45, 7) is 4.49. The molecule has 14 heavy (non-hydrogen) atoms. The minimum atomic E-state index is -1.03. The average molecular weight is 239 g/mol. The first-order valence-corrected chi connectivity index (χ1v) is 7.02. The van der Waals surface area contributed by atoms with E-state index in [1.165, 1.54) is 7.11 Å². The second kappa shape index (κ2) is 8.48. The molecule has 6 heteroatoms. The van der Waals surface area contributed by atoms with Gasteiger partial charge in [-0.2, -0.15) is 0 Å². The first-order valence-electron chi connectivity index (χ1n) is 4.61. The molecule has 84 valence electrons. The first kappa shape index (κ1) is 14.2. The van der Waals surface area contributed by atoms with E-state index in [2.05, 4.69) is 22.1 Å². The number of hydrogen-bond donors (Lipinski definition) is 2. The highest BCUT2D eigenvalue weighted by atomic mass is 32.7. The summed E-state index contributed by atoms with van der Waals surface area (Å²) in [4.78, 5) is 11.3. The van der Waals surface area contributed by atoms with Crippen molar-refractivity contribution in [2.45, 2.75) is 32.7 Å². The number of hydrogen-bond acceptors (Lipinski definition) is 5. The van der Waals surface area contributed by atoms with Crippen LogP contribution in [0.3, 0.4) is 0 Å². The Morgan fingerprint density at radius 1 is 1.57 bits per heavy atom. The van der Waals surface area contributed by atoms with Crippen LogP contribution in [0.1, 0.15) is 26.7 Å². The summed E-state index contributed by atoms with van der Waals surface area (Å²) in [5.41, 5.74) is 0. The van der Waals surface area contributed by atoms with Crippen molar-refractivity contribution in [2.24, 2.45) is 0 Å². The van der Waals surface area contributed by atoms with Gasteiger partial charge < -0.3 is 9.26 Å². The lowest BCUT2D eigenvalue weighted by atomic mass is 10.2. The summed E-state index contributed by atoms with van der Waals surface area (Å²) >= 11 is 4.20. The second-order valence-corrected chi connectivity index (χ2v) is 4.84. The predicted octanol–water partition coefficient (Wildman–Crippen LogP) is 2.11. The van der Waals surface area contributed by atoms with Gasteiger partial charge in [0.25, 0.3) is 0 Å². The van der Waals surface area contributed by atoms with Crippen LogP contribution in [-0.2, 0) is 14.1 Å². The van der Waals surface area contributed by atoms with Crippen molar-refractivity contribution in [1.29, 1.82) is 0 Å². The minimum Gasteiger partial charge on any atom is -0.468 e. The molecular weight excluding hydrogens is 221 g/mol. The fourth-order valence-electron chi connectivity index (χ4n) is 0.959. The summed E-state index contributed by atoms with van der Waals surface area (Å²) in [6.07, 6.45) is 1.65. The highest BCUT2D eigenvalue weighted by Gasteiger charge is 2.20. The minimum absolute atomic E-state index is 0.256. The van der Waals surface area contributed by atoms with Crippen molar-refractivity contribution >= 4 is 25.7 Å². The van der Waals surface area contributed by atoms with Gasteiger partial charge in [0.05, 0.1) is 13.7 Å². The van der Waals surface area contributed by atoms with Gasteiger partial charge in [-0.15, -0.1) is 12.2 Å². The molecule has 0 spiro atoms. The smallest absolute Gasteiger partial charge is 0.323 e. The molecule has 0 aliphatic heterocycles. The molecule has 0 heterocycles. The highest BCUT2D eigenvalue weighted by molar-refractivity contribution is 8.42. The van der Waals surface area contributed by atoms with Gasteiger partial charge in [-0.3, -0.25) is 9.88 Å². The van der Waals surface area contributed by atoms with Crippen LogP contribution in [0.15, 0.2) is 0 Å². The van der Waals surface area contributed by atoms with Crippen molar-refractivity contribution < 1.29 is 14.1 Å². The summed E-state index contributed by atoms with van der Waals surface area (Å²) in [5.74, 6) is -0.256. The van der Waals surface area contributed by atoms with Crippen LogP contribution in [0.25, 0.3) is 0 Å². The maximum atomic E-state index is 11.3. The zero-order valence-corrected chi connectivity index (χ0v) is 10.6. The Labute approximate surface area is 91.8 Å². The molecule has 0 saturated carbocycles. The van der Waals surface area contributed by atoms with Crippen LogP contribution >= 0.6 is 19.7 Å². The Balaban J connectivity index is 4.01. The van der Waals surface area contributed by atoms with E-state index in [1.807, 2.05) is 13.8 Å². The van der Waals surface area contributed by atoms with Crippen LogP contribution in [0, 0.1) is 0 Å². The van der Waals surface area contributed by atoms with Gasteiger partial charge in [-0.25, -0.2) is 0 Å². The molecular formula is C8H18NO3PS. The number of esters is 1. The van der Waals surface area contributed by atoms with Crippen LogP contribution in [0.4, 0.5) is 0 Å². The Bertz CT molecular complexity index is 171. The third-order valence-electron chi connectivity index (χ3n) is 1.58. The maximum Gasteiger partial charge on any atom is 0.323 e. The van der Waals surface area contributed by atoms with Gasteiger partial charge in [0.15, 0.2) is 7.50 Å². The molecule has 0 aromatic heterocycles. The van der Waals surface area contributed by atoms with Crippen LogP contribution < -0.4 is 5.09 Å². The number of carbonyl (C=O) groups excluding carboxylic acids is 1. The van der Waals surface area contributed by atoms with E-state index in [0.717, 1.165) is 12.8 Å². The molecule has 0 rings (SSSR count). The van der Waals surface area contributed by atoms with Crippen molar-refractivity contribution in [3.63, 3.8) is 0 Å². The molecule has 0 radical (unpaired) electrons. The predicted molar refractivity (Wildman–Crippen MR) is 61.4 cm³/mol. The van der Waals surface area contributed by atoms with E-state index in [4.69, 9.17) is 4.52 Å². The topological polar surface area (TPSA) is 47.6 Å². The van der Waals surface area contributed by atoms with Crippen molar-refractivity contribution in [3.05, 3.63) is 0 Å². The second-order valence-electron chi connectivity index (χ2n) is 2.68. The maximum absolute atomic E-state index is 11.3. The number of carbonyl (C=O) groups is 1. The van der Waals surface area contributed by atoms with Gasteiger partial charge in [0.1, 0.15) is 6.04 Å². The molecule has 0 amide bonds. The van der Waals surface area contributed by atoms with E-state index in [9.17, 15) is 4.79 Å². The van der Waals surface area contributed by atoms with E-state index in [0.29, 0.717) is 6.61 Å². The van der Waals surface area contributed by atoms with E-state index in [1.54, 1.807) is 0 Å². The molecule has 0 aliphatic rings. The average Bonchev–Trinajstić information content (AvgIpc) is 2.16. The summed E-state index contributed by atoms with van der Waals surface area (Å²) in [7, 11) is 0.357. The van der Waals surface area contributed by atoms with Gasteiger partial charge in [0.2, 0.25) is 0 Å². The summed E-state index contributed by atoms with van der Waals surface area (Å²) in [5, 5.41) is 3.00. The van der Waals surface area contributed by atoms with Gasteiger partial charge in [0, 0.05) is 0 Å². The quantitative estimate of drug-likeness (QED) is 0.406. The molecule has 2 atom stereocenters. The zero-order chi connectivity index (χ0) is 11.0. The number of rotatable bonds is 7. The molecule has 4 nitrogen and oxygen atoms in total. The van der Waals surface area contributed by atoms with Gasteiger partial charge in [-0.05, 0) is 13.3 Å². The Hall–Kier alpha value is 0.170. The molecule has 0 aromatic carbocycles. The van der Waals surface area contributed by atoms with E-state index in [-0.39, 0.29) is 12.0 Å². The lowest BCUT2D eigenvalue weighted by Gasteiger charge is -2.19. The van der Waals surface area contributed by atoms with Crippen molar-refractivity contribution in [2.75, 3.05) is 13.7 Å². The number of nitrogens with one attached hydrogen (secondary N) is 1. The van der Waals surface area contributed by atoms with Crippen molar-refractivity contribution in [1.82, 2.24) is 5.09 Å². The summed E-state index contributed by atoms with van der Waals surface area (Å²) in [6, 6.07) is -0.305. The Morgan fingerprint density at radius 2 is 2.21 bits per heavy atom. The summed E-state index contributed by atoms with van der Waals surface area (Å²) < 4.78 is 9.89. The number of ether oxygens (including phenoxy) is 1. The fraction of sp³-hybridized carbons (Fsp3) is 0.875. The third kappa shape index (κ3) is 5.81. The molecule has 1 N–H and O–H groups in total. The number of thiol groups is 1. The Kier molecular flexibility index (Phi) is 8.58. The Morgan fingerprint density at radius 3 is 2.64 bits per heavy atom. The van der Waals surface area contributed by atoms with Gasteiger partial charge >= 0.3 is 5.97 Å². The lowest BCUT2D eigenvalue weighted by molar-refractivity contribution is -0.142. The number of methoxy groups -OCH3 is 1. The lowest BCUT2D eigenvalue weighted by Crippen LogP contribution is -2.33. The molecule has 0 bridgehead atoms. The fourth-order valence-corrected chi connectivity index (χ4v) is 2.54. The molecule has 0 saturated heterocycles. The highest BCUT2D eigenvalue weighted by Crippen LogP contribution is 2.37.